The molecule has 4 nitrogen and oxygen atoms in total. The summed E-state index contributed by atoms with van der Waals surface area (Å²) < 4.78 is 0. The Kier molecular flexibility index (Phi) is 24.5. The van der Waals surface area contributed by atoms with E-state index in [0.29, 0.717) is 17.2 Å². The highest BCUT2D eigenvalue weighted by molar-refractivity contribution is 8.05. The summed E-state index contributed by atoms with van der Waals surface area (Å²) in [7, 11) is 0. The molecule has 0 amide bonds. The van der Waals surface area contributed by atoms with Gasteiger partial charge >= 0.3 is 0 Å². The molecule has 5 atom stereocenters. The van der Waals surface area contributed by atoms with Crippen LogP contribution in [-0.2, 0) is 0 Å². The molecule has 4 aliphatic heterocycles. The maximum absolute atomic E-state index is 4.94. The second-order valence-corrected chi connectivity index (χ2v) is 16.0. The van der Waals surface area contributed by atoms with Gasteiger partial charge in [-0.05, 0) is 111 Å². The van der Waals surface area contributed by atoms with Gasteiger partial charge in [0.15, 0.2) is 6.29 Å². The molecule has 338 valence electrons. The monoisotopic (exact) mass is 865 g/mol. The van der Waals surface area contributed by atoms with Crippen molar-refractivity contribution in [1.29, 1.82) is 0 Å². The predicted octanol–water partition coefficient (Wildman–Crippen LogP) is 16.7. The van der Waals surface area contributed by atoms with Crippen LogP contribution in [0.4, 0.5) is 5.69 Å². The number of rotatable bonds is 8. The van der Waals surface area contributed by atoms with Crippen LogP contribution in [0.15, 0.2) is 208 Å². The zero-order valence-electron chi connectivity index (χ0n) is 41.4. The molecule has 5 heteroatoms. The standard InChI is InChI=1S/C34H34N4S.C12H16.C4H6.4C2H6/c1-21-8-5-6-9-23(3)37(30(21)18-19-32-28-17-12-22(2)33(28)39-32)34-35-20-29(36-34)25-13-15-26(16-14-25)38-24(4)27-10-7-11-31(27)38;1-4-5-10(2)8-12-7-6-11(3)9-12;1-3-4-2;4*1-2/h5-9,11-20,22,24,29,32,34,36H,3,10H2,1-2,4H3;4-8H,9H2,1-3H3;3-4H,1-2H2;4*1-2H3/b8-5-,9-6-,19-18-,30-21-;5-4-,10-8-;;;;;. The number of aliphatic imine (C=N–C) groups is 1. The molecule has 0 aromatic heterocycles. The molecule has 0 saturated carbocycles. The van der Waals surface area contributed by atoms with E-state index in [4.69, 9.17) is 4.99 Å². The van der Waals surface area contributed by atoms with Gasteiger partial charge in [-0.25, -0.2) is 0 Å². The van der Waals surface area contributed by atoms with E-state index in [-0.39, 0.29) is 12.3 Å². The number of anilines is 1. The molecular formula is C58H80N4S. The topological polar surface area (TPSA) is 30.9 Å². The van der Waals surface area contributed by atoms with Gasteiger partial charge in [-0.1, -0.05) is 190 Å². The largest absolute Gasteiger partial charge is 0.334 e. The number of benzene rings is 1. The first kappa shape index (κ1) is 54.0. The van der Waals surface area contributed by atoms with Crippen molar-refractivity contribution in [3.8, 4) is 0 Å². The lowest BCUT2D eigenvalue weighted by Gasteiger charge is -2.42. The number of nitrogens with one attached hydrogen (secondary N) is 1. The summed E-state index contributed by atoms with van der Waals surface area (Å²) in [6.45, 7) is 40.2. The SMILES string of the molecule is C/C=C\C(C)=C/C1=CC=C(C)C1.C=C1\C=C/C=C\C(C)=C(\C=C/C2SC3=C2C=CC3C)N1C1N=CC(c2ccc(N3C4=C(CC=C4)C3C)cc2)N1.C=CC=C.CC.CC.CC.CC. The molecule has 0 radical (unpaired) electrons. The first-order chi connectivity index (χ1) is 30.6. The lowest BCUT2D eigenvalue weighted by Crippen LogP contribution is -2.42. The van der Waals surface area contributed by atoms with E-state index in [1.807, 2.05) is 80.3 Å². The van der Waals surface area contributed by atoms with Crippen molar-refractivity contribution in [3.05, 3.63) is 208 Å². The Balaban J connectivity index is 0.000000475. The van der Waals surface area contributed by atoms with Crippen molar-refractivity contribution in [3.63, 3.8) is 0 Å². The molecule has 8 rings (SSSR count). The smallest absolute Gasteiger partial charge is 0.180 e. The fourth-order valence-electron chi connectivity index (χ4n) is 7.69. The van der Waals surface area contributed by atoms with Gasteiger partial charge in [0, 0.05) is 34.9 Å². The van der Waals surface area contributed by atoms with Crippen molar-refractivity contribution in [1.82, 2.24) is 10.2 Å². The minimum Gasteiger partial charge on any atom is -0.334 e. The summed E-state index contributed by atoms with van der Waals surface area (Å²) in [5.74, 6) is 0.563. The first-order valence-electron chi connectivity index (χ1n) is 23.4. The Morgan fingerprint density at radius 1 is 0.873 bits per heavy atom. The Morgan fingerprint density at radius 2 is 1.54 bits per heavy atom. The Labute approximate surface area is 389 Å². The van der Waals surface area contributed by atoms with Crippen LogP contribution in [0, 0.1) is 5.92 Å². The predicted molar refractivity (Wildman–Crippen MR) is 286 cm³/mol. The van der Waals surface area contributed by atoms with E-state index in [9.17, 15) is 0 Å². The molecule has 4 heterocycles. The lowest BCUT2D eigenvalue weighted by molar-refractivity contribution is 0.293. The molecule has 0 fully saturated rings. The third kappa shape index (κ3) is 14.2. The first-order valence-corrected chi connectivity index (χ1v) is 24.3. The van der Waals surface area contributed by atoms with Crippen molar-refractivity contribution in [2.24, 2.45) is 10.9 Å². The molecule has 3 aliphatic carbocycles. The lowest BCUT2D eigenvalue weighted by atomic mass is 9.94. The molecule has 63 heavy (non-hydrogen) atoms. The third-order valence-corrected chi connectivity index (χ3v) is 12.1. The maximum Gasteiger partial charge on any atom is 0.180 e. The van der Waals surface area contributed by atoms with Crippen LogP contribution in [0.3, 0.4) is 0 Å². The fraction of sp³-hybridized carbons (Fsp3) is 0.362. The Bertz CT molecular complexity index is 2090. The van der Waals surface area contributed by atoms with Crippen LogP contribution in [0.5, 0.6) is 0 Å². The highest BCUT2D eigenvalue weighted by atomic mass is 32.2. The van der Waals surface area contributed by atoms with Gasteiger partial charge < -0.3 is 9.80 Å². The van der Waals surface area contributed by atoms with Crippen molar-refractivity contribution < 1.29 is 0 Å². The van der Waals surface area contributed by atoms with Crippen molar-refractivity contribution >= 4 is 23.7 Å². The van der Waals surface area contributed by atoms with E-state index in [1.165, 1.54) is 49.7 Å². The highest BCUT2D eigenvalue weighted by Crippen LogP contribution is 2.50. The van der Waals surface area contributed by atoms with Gasteiger partial charge in [0.2, 0.25) is 0 Å². The summed E-state index contributed by atoms with van der Waals surface area (Å²) in [6.07, 6.45) is 40.2. The zero-order chi connectivity index (χ0) is 47.1. The molecule has 1 aromatic rings. The zero-order valence-corrected chi connectivity index (χ0v) is 42.2. The quantitative estimate of drug-likeness (QED) is 0.264. The number of allylic oxidation sites excluding steroid dienone is 21. The van der Waals surface area contributed by atoms with Crippen LogP contribution in [-0.4, -0.2) is 28.7 Å². The molecular weight excluding hydrogens is 785 g/mol. The van der Waals surface area contributed by atoms with Crippen LogP contribution in [0.1, 0.15) is 121 Å². The molecule has 1 aromatic carbocycles. The van der Waals surface area contributed by atoms with E-state index < -0.39 is 0 Å². The highest BCUT2D eigenvalue weighted by Gasteiger charge is 2.36. The molecule has 7 aliphatic rings. The van der Waals surface area contributed by atoms with E-state index in [1.54, 1.807) is 17.7 Å². The molecule has 0 bridgehead atoms. The summed E-state index contributed by atoms with van der Waals surface area (Å²) >= 11 is 1.98. The molecule has 1 N–H and O–H groups in total. The Morgan fingerprint density at radius 3 is 2.14 bits per heavy atom. The summed E-state index contributed by atoms with van der Waals surface area (Å²) in [6, 6.07) is 9.46. The summed E-state index contributed by atoms with van der Waals surface area (Å²) in [4.78, 5) is 11.1. The number of hydrogen-bond acceptors (Lipinski definition) is 5. The minimum absolute atomic E-state index is 0.0438. The van der Waals surface area contributed by atoms with E-state index in [0.717, 1.165) is 24.2 Å². The second-order valence-electron chi connectivity index (χ2n) is 14.8. The van der Waals surface area contributed by atoms with Gasteiger partial charge in [0.1, 0.15) is 0 Å². The van der Waals surface area contributed by atoms with Crippen LogP contribution in [0.2, 0.25) is 0 Å². The molecule has 5 unspecified atom stereocenters. The average molecular weight is 865 g/mol. The van der Waals surface area contributed by atoms with Crippen molar-refractivity contribution in [2.75, 3.05) is 4.90 Å². The third-order valence-electron chi connectivity index (χ3n) is 10.6. The second kappa shape index (κ2) is 28.6. The van der Waals surface area contributed by atoms with Gasteiger partial charge in [-0.2, -0.15) is 0 Å². The Hall–Kier alpha value is -5.10. The summed E-state index contributed by atoms with van der Waals surface area (Å²) in [5.41, 5.74) is 14.3. The summed E-state index contributed by atoms with van der Waals surface area (Å²) in [5, 5.41) is 4.15. The average Bonchev–Trinajstić information content (AvgIpc) is 4.12. The molecule has 0 spiro atoms. The number of nitrogens with zero attached hydrogens (tertiary/aromatic N) is 3. The fourth-order valence-corrected chi connectivity index (χ4v) is 8.90. The van der Waals surface area contributed by atoms with E-state index in [2.05, 4.69) is 185 Å². The van der Waals surface area contributed by atoms with Gasteiger partial charge in [0.25, 0.3) is 0 Å². The van der Waals surface area contributed by atoms with E-state index >= 15 is 0 Å². The minimum atomic E-state index is -0.227. The molecule has 0 saturated heterocycles. The van der Waals surface area contributed by atoms with Crippen LogP contribution >= 0.6 is 11.8 Å². The van der Waals surface area contributed by atoms with Crippen LogP contribution < -0.4 is 10.2 Å². The van der Waals surface area contributed by atoms with Gasteiger partial charge in [-0.3, -0.25) is 10.3 Å². The van der Waals surface area contributed by atoms with Crippen LogP contribution in [0.25, 0.3) is 0 Å². The van der Waals surface area contributed by atoms with Crippen molar-refractivity contribution in [2.45, 2.75) is 133 Å². The number of thioether (sulfide) groups is 1. The number of hydrogen-bond donors (Lipinski definition) is 1. The van der Waals surface area contributed by atoms with Gasteiger partial charge in [-0.15, -0.1) is 11.8 Å². The normalized spacial score (nSPS) is 25.5. The maximum atomic E-state index is 4.94. The van der Waals surface area contributed by atoms with Gasteiger partial charge in [0.05, 0.1) is 17.3 Å².